The van der Waals surface area contributed by atoms with Gasteiger partial charge in [-0.15, -0.1) is 11.3 Å². The first-order chi connectivity index (χ1) is 12.2. The molecule has 0 unspecified atom stereocenters. The minimum atomic E-state index is 0.131. The van der Waals surface area contributed by atoms with Crippen molar-refractivity contribution in [2.45, 2.75) is 13.0 Å². The highest BCUT2D eigenvalue weighted by Crippen LogP contribution is 2.30. The molecule has 4 rings (SSSR count). The van der Waals surface area contributed by atoms with Crippen LogP contribution in [0.25, 0.3) is 21.6 Å². The Morgan fingerprint density at radius 3 is 2.60 bits per heavy atom. The summed E-state index contributed by atoms with van der Waals surface area (Å²) in [5.41, 5.74) is 2.05. The minimum Gasteiger partial charge on any atom is -0.363 e. The quantitative estimate of drug-likeness (QED) is 0.469. The van der Waals surface area contributed by atoms with Gasteiger partial charge in [0.1, 0.15) is 5.82 Å². The van der Waals surface area contributed by atoms with Crippen LogP contribution in [0.1, 0.15) is 18.5 Å². The SMILES string of the molecule is C[C@@H](Nc1nc(-c2cccs2)nc2cc(Cl)ccc12)c1ccccc1. The standard InChI is InChI=1S/C20H16ClN3S/c1-13(14-6-3-2-4-7-14)22-19-16-10-9-15(21)12-17(16)23-20(24-19)18-8-5-11-25-18/h2-13H,1H3,(H,22,23,24)/t13-/m1/s1. The molecule has 2 heterocycles. The lowest BCUT2D eigenvalue weighted by Crippen LogP contribution is -2.09. The van der Waals surface area contributed by atoms with E-state index in [1.165, 1.54) is 5.56 Å². The topological polar surface area (TPSA) is 37.8 Å². The van der Waals surface area contributed by atoms with E-state index < -0.39 is 0 Å². The van der Waals surface area contributed by atoms with E-state index in [2.05, 4.69) is 24.4 Å². The molecule has 3 nitrogen and oxygen atoms in total. The summed E-state index contributed by atoms with van der Waals surface area (Å²) in [6.07, 6.45) is 0. The summed E-state index contributed by atoms with van der Waals surface area (Å²) in [7, 11) is 0. The number of aromatic nitrogens is 2. The average molecular weight is 366 g/mol. The third-order valence-electron chi connectivity index (χ3n) is 4.05. The molecule has 1 atom stereocenters. The number of thiophene rings is 1. The van der Waals surface area contributed by atoms with Gasteiger partial charge in [-0.1, -0.05) is 48.0 Å². The maximum absolute atomic E-state index is 6.17. The first-order valence-electron chi connectivity index (χ1n) is 8.03. The maximum atomic E-state index is 6.17. The number of anilines is 1. The summed E-state index contributed by atoms with van der Waals surface area (Å²) in [5, 5.41) is 7.20. The molecule has 2 aromatic heterocycles. The Bertz CT molecular complexity index is 1000. The molecule has 4 aromatic rings. The van der Waals surface area contributed by atoms with Gasteiger partial charge < -0.3 is 5.32 Å². The summed E-state index contributed by atoms with van der Waals surface area (Å²) >= 11 is 7.80. The summed E-state index contributed by atoms with van der Waals surface area (Å²) in [4.78, 5) is 10.5. The van der Waals surface area contributed by atoms with E-state index in [4.69, 9.17) is 21.6 Å². The van der Waals surface area contributed by atoms with Gasteiger partial charge in [0.25, 0.3) is 0 Å². The van der Waals surface area contributed by atoms with Crippen LogP contribution in [-0.4, -0.2) is 9.97 Å². The smallest absolute Gasteiger partial charge is 0.172 e. The number of nitrogens with zero attached hydrogens (tertiary/aromatic N) is 2. The minimum absolute atomic E-state index is 0.131. The Hall–Kier alpha value is -2.43. The monoisotopic (exact) mass is 365 g/mol. The number of nitrogens with one attached hydrogen (secondary N) is 1. The summed E-state index contributed by atoms with van der Waals surface area (Å²) in [5.74, 6) is 1.54. The normalized spacial score (nSPS) is 12.2. The molecule has 5 heteroatoms. The number of hydrogen-bond acceptors (Lipinski definition) is 4. The molecule has 1 N–H and O–H groups in total. The highest BCUT2D eigenvalue weighted by Gasteiger charge is 2.13. The molecule has 0 saturated carbocycles. The fourth-order valence-corrected chi connectivity index (χ4v) is 3.58. The van der Waals surface area contributed by atoms with Crippen molar-refractivity contribution >= 4 is 39.7 Å². The molecule has 0 fully saturated rings. The van der Waals surface area contributed by atoms with E-state index in [0.717, 1.165) is 21.6 Å². The number of halogens is 1. The number of fused-ring (bicyclic) bond motifs is 1. The van der Waals surface area contributed by atoms with Crippen LogP contribution in [-0.2, 0) is 0 Å². The third kappa shape index (κ3) is 3.36. The van der Waals surface area contributed by atoms with Gasteiger partial charge >= 0.3 is 0 Å². The van der Waals surface area contributed by atoms with Crippen molar-refractivity contribution in [1.29, 1.82) is 0 Å². The van der Waals surface area contributed by atoms with Crippen molar-refractivity contribution < 1.29 is 0 Å². The molecule has 124 valence electrons. The van der Waals surface area contributed by atoms with E-state index >= 15 is 0 Å². The van der Waals surface area contributed by atoms with Crippen molar-refractivity contribution in [2.75, 3.05) is 5.32 Å². The summed E-state index contributed by atoms with van der Waals surface area (Å²) < 4.78 is 0. The second-order valence-corrected chi connectivity index (χ2v) is 7.20. The fraction of sp³-hybridized carbons (Fsp3) is 0.100. The highest BCUT2D eigenvalue weighted by molar-refractivity contribution is 7.13. The van der Waals surface area contributed by atoms with Crippen LogP contribution in [0.5, 0.6) is 0 Å². The molecule has 0 aliphatic carbocycles. The van der Waals surface area contributed by atoms with Crippen molar-refractivity contribution in [2.24, 2.45) is 0 Å². The third-order valence-corrected chi connectivity index (χ3v) is 5.15. The molecule has 25 heavy (non-hydrogen) atoms. The van der Waals surface area contributed by atoms with E-state index in [0.29, 0.717) is 10.8 Å². The lowest BCUT2D eigenvalue weighted by Gasteiger charge is -2.17. The predicted octanol–water partition coefficient (Wildman–Crippen LogP) is 6.18. The van der Waals surface area contributed by atoms with Crippen LogP contribution >= 0.6 is 22.9 Å². The molecular weight excluding hydrogens is 350 g/mol. The molecule has 0 amide bonds. The zero-order valence-electron chi connectivity index (χ0n) is 13.6. The van der Waals surface area contributed by atoms with Crippen LogP contribution in [0.15, 0.2) is 66.0 Å². The predicted molar refractivity (Wildman–Crippen MR) is 106 cm³/mol. The average Bonchev–Trinajstić information content (AvgIpc) is 3.16. The Morgan fingerprint density at radius 2 is 1.84 bits per heavy atom. The molecular formula is C20H16ClN3S. The molecule has 2 aromatic carbocycles. The summed E-state index contributed by atoms with van der Waals surface area (Å²) in [6, 6.07) is 20.2. The van der Waals surface area contributed by atoms with E-state index in [9.17, 15) is 0 Å². The van der Waals surface area contributed by atoms with Crippen LogP contribution in [0, 0.1) is 0 Å². The van der Waals surface area contributed by atoms with Crippen molar-refractivity contribution in [3.63, 3.8) is 0 Å². The number of hydrogen-bond donors (Lipinski definition) is 1. The second kappa shape index (κ2) is 6.82. The van der Waals surface area contributed by atoms with Crippen LogP contribution in [0.3, 0.4) is 0 Å². The molecule has 0 radical (unpaired) electrons. The maximum Gasteiger partial charge on any atom is 0.172 e. The number of rotatable bonds is 4. The molecule has 0 bridgehead atoms. The van der Waals surface area contributed by atoms with Crippen LogP contribution < -0.4 is 5.32 Å². The highest BCUT2D eigenvalue weighted by atomic mass is 35.5. The second-order valence-electron chi connectivity index (χ2n) is 5.81. The number of benzene rings is 2. The largest absolute Gasteiger partial charge is 0.363 e. The zero-order chi connectivity index (χ0) is 17.2. The molecule has 0 spiro atoms. The van der Waals surface area contributed by atoms with Crippen molar-refractivity contribution in [1.82, 2.24) is 9.97 Å². The van der Waals surface area contributed by atoms with Gasteiger partial charge in [0.05, 0.1) is 10.4 Å². The van der Waals surface area contributed by atoms with Gasteiger partial charge in [0.2, 0.25) is 0 Å². The lowest BCUT2D eigenvalue weighted by molar-refractivity contribution is 0.876. The Labute approximate surface area is 155 Å². The fourth-order valence-electron chi connectivity index (χ4n) is 2.76. The summed E-state index contributed by atoms with van der Waals surface area (Å²) in [6.45, 7) is 2.13. The Balaban J connectivity index is 1.81. The van der Waals surface area contributed by atoms with Crippen LogP contribution in [0.4, 0.5) is 5.82 Å². The van der Waals surface area contributed by atoms with Gasteiger partial charge in [-0.05, 0) is 42.1 Å². The Kier molecular flexibility index (Phi) is 4.38. The first kappa shape index (κ1) is 16.1. The van der Waals surface area contributed by atoms with Gasteiger partial charge in [-0.2, -0.15) is 0 Å². The molecule has 0 saturated heterocycles. The van der Waals surface area contributed by atoms with Gasteiger partial charge in [-0.3, -0.25) is 0 Å². The lowest BCUT2D eigenvalue weighted by atomic mass is 10.1. The molecule has 0 aliphatic heterocycles. The van der Waals surface area contributed by atoms with Crippen molar-refractivity contribution in [3.8, 4) is 10.7 Å². The Morgan fingerprint density at radius 1 is 1.00 bits per heavy atom. The molecule has 0 aliphatic rings. The zero-order valence-corrected chi connectivity index (χ0v) is 15.2. The van der Waals surface area contributed by atoms with E-state index in [1.54, 1.807) is 11.3 Å². The van der Waals surface area contributed by atoms with Gasteiger partial charge in [0, 0.05) is 16.5 Å². The van der Waals surface area contributed by atoms with Crippen molar-refractivity contribution in [3.05, 3.63) is 76.6 Å². The van der Waals surface area contributed by atoms with Gasteiger partial charge in [-0.25, -0.2) is 9.97 Å². The van der Waals surface area contributed by atoms with E-state index in [1.807, 2.05) is 53.9 Å². The first-order valence-corrected chi connectivity index (χ1v) is 9.29. The van der Waals surface area contributed by atoms with Crippen LogP contribution in [0.2, 0.25) is 5.02 Å². The van der Waals surface area contributed by atoms with E-state index in [-0.39, 0.29) is 6.04 Å². The van der Waals surface area contributed by atoms with Gasteiger partial charge in [0.15, 0.2) is 5.82 Å².